The number of rotatable bonds is 7. The lowest BCUT2D eigenvalue weighted by Crippen LogP contribution is -1.90. The van der Waals surface area contributed by atoms with Crippen LogP contribution in [-0.4, -0.2) is 0 Å². The van der Waals surface area contributed by atoms with Gasteiger partial charge in [0.1, 0.15) is 0 Å². The van der Waals surface area contributed by atoms with E-state index >= 15 is 0 Å². The van der Waals surface area contributed by atoms with Gasteiger partial charge in [-0.3, -0.25) is 0 Å². The molecule has 1 atom stereocenters. The molecule has 0 amide bonds. The van der Waals surface area contributed by atoms with Gasteiger partial charge in [-0.05, 0) is 24.8 Å². The summed E-state index contributed by atoms with van der Waals surface area (Å²) in [7, 11) is 0. The molecule has 0 radical (unpaired) electrons. The molecule has 0 aliphatic rings. The molecule has 0 heterocycles. The zero-order valence-corrected chi connectivity index (χ0v) is 18.5. The average Bonchev–Trinajstić information content (AvgIpc) is 2.64. The highest BCUT2D eigenvalue weighted by Gasteiger charge is 1.95. The zero-order chi connectivity index (χ0) is 19.2. The molecule has 0 N–H and O–H groups in total. The summed E-state index contributed by atoms with van der Waals surface area (Å²) >= 11 is 0. The molecule has 0 bridgehead atoms. The van der Waals surface area contributed by atoms with Gasteiger partial charge in [-0.1, -0.05) is 130 Å². The third kappa shape index (κ3) is 23.5. The van der Waals surface area contributed by atoms with Crippen molar-refractivity contribution in [3.05, 3.63) is 35.4 Å². The Morgan fingerprint density at radius 2 is 1.42 bits per heavy atom. The Morgan fingerprint density at radius 1 is 0.833 bits per heavy atom. The van der Waals surface area contributed by atoms with Gasteiger partial charge in [0.15, 0.2) is 0 Å². The molecule has 0 nitrogen and oxygen atoms in total. The molecule has 0 saturated heterocycles. The molecule has 24 heavy (non-hydrogen) atoms. The highest BCUT2D eigenvalue weighted by molar-refractivity contribution is 5.21. The molecule has 0 aromatic heterocycles. The van der Waals surface area contributed by atoms with Crippen LogP contribution in [0.4, 0.5) is 0 Å². The van der Waals surface area contributed by atoms with Crippen LogP contribution in [-0.2, 0) is 6.42 Å². The molecule has 0 aliphatic carbocycles. The average molecular weight is 337 g/mol. The predicted octanol–water partition coefficient (Wildman–Crippen LogP) is 9.00. The molecular weight excluding hydrogens is 288 g/mol. The number of aryl methyl sites for hydroxylation is 2. The summed E-state index contributed by atoms with van der Waals surface area (Å²) < 4.78 is 0. The van der Waals surface area contributed by atoms with E-state index in [-0.39, 0.29) is 0 Å². The van der Waals surface area contributed by atoms with E-state index in [1.54, 1.807) is 0 Å². The van der Waals surface area contributed by atoms with Crippen LogP contribution < -0.4 is 0 Å². The molecule has 0 fully saturated rings. The smallest absolute Gasteiger partial charge is 0.0307 e. The second-order valence-corrected chi connectivity index (χ2v) is 6.35. The van der Waals surface area contributed by atoms with Crippen LogP contribution >= 0.6 is 0 Å². The van der Waals surface area contributed by atoms with Gasteiger partial charge in [0.05, 0.1) is 0 Å². The van der Waals surface area contributed by atoms with Crippen molar-refractivity contribution in [1.29, 1.82) is 0 Å². The number of benzene rings is 1. The van der Waals surface area contributed by atoms with Crippen LogP contribution in [0.3, 0.4) is 0 Å². The SMILES string of the molecule is CC.CCCC.CCCCCC(C)CC.CCc1cccc(C)c1. The van der Waals surface area contributed by atoms with Crippen LogP contribution in [0.5, 0.6) is 0 Å². The predicted molar refractivity (Wildman–Crippen MR) is 116 cm³/mol. The Morgan fingerprint density at radius 3 is 1.75 bits per heavy atom. The van der Waals surface area contributed by atoms with Crippen LogP contribution in [0.15, 0.2) is 24.3 Å². The van der Waals surface area contributed by atoms with E-state index in [0.717, 1.165) is 12.3 Å². The maximum Gasteiger partial charge on any atom is -0.0307 e. The topological polar surface area (TPSA) is 0 Å². The minimum absolute atomic E-state index is 0.955. The maximum absolute atomic E-state index is 2.34. The lowest BCUT2D eigenvalue weighted by atomic mass is 10.0. The summed E-state index contributed by atoms with van der Waals surface area (Å²) in [5.74, 6) is 0.955. The first-order chi connectivity index (χ1) is 11.5. The zero-order valence-electron chi connectivity index (χ0n) is 18.5. The van der Waals surface area contributed by atoms with E-state index in [1.807, 2.05) is 13.8 Å². The van der Waals surface area contributed by atoms with E-state index in [2.05, 4.69) is 72.7 Å². The van der Waals surface area contributed by atoms with Gasteiger partial charge in [0, 0.05) is 0 Å². The van der Waals surface area contributed by atoms with E-state index in [0.29, 0.717) is 0 Å². The fraction of sp³-hybridized carbons (Fsp3) is 0.750. The first-order valence-corrected chi connectivity index (χ1v) is 10.6. The second kappa shape index (κ2) is 24.5. The molecule has 144 valence electrons. The molecule has 1 rings (SSSR count). The van der Waals surface area contributed by atoms with Crippen LogP contribution in [0, 0.1) is 12.8 Å². The highest BCUT2D eigenvalue weighted by atomic mass is 14.0. The number of hydrogen-bond donors (Lipinski definition) is 0. The molecular formula is C24H48. The second-order valence-electron chi connectivity index (χ2n) is 6.35. The molecule has 1 aromatic carbocycles. The first-order valence-electron chi connectivity index (χ1n) is 10.6. The van der Waals surface area contributed by atoms with Crippen molar-refractivity contribution in [1.82, 2.24) is 0 Å². The van der Waals surface area contributed by atoms with Crippen molar-refractivity contribution in [2.45, 2.75) is 114 Å². The fourth-order valence-electron chi connectivity index (χ4n) is 1.88. The van der Waals surface area contributed by atoms with Crippen molar-refractivity contribution in [2.75, 3.05) is 0 Å². The van der Waals surface area contributed by atoms with Crippen molar-refractivity contribution in [3.8, 4) is 0 Å². The summed E-state index contributed by atoms with van der Waals surface area (Å²) in [5.41, 5.74) is 2.78. The van der Waals surface area contributed by atoms with E-state index in [9.17, 15) is 0 Å². The van der Waals surface area contributed by atoms with Crippen LogP contribution in [0.1, 0.15) is 111 Å². The number of unbranched alkanes of at least 4 members (excludes halogenated alkanes) is 3. The quantitative estimate of drug-likeness (QED) is 0.436. The van der Waals surface area contributed by atoms with E-state index in [4.69, 9.17) is 0 Å². The van der Waals surface area contributed by atoms with E-state index in [1.165, 1.54) is 56.1 Å². The van der Waals surface area contributed by atoms with Gasteiger partial charge >= 0.3 is 0 Å². The highest BCUT2D eigenvalue weighted by Crippen LogP contribution is 2.11. The molecule has 1 unspecified atom stereocenters. The van der Waals surface area contributed by atoms with Crippen LogP contribution in [0.2, 0.25) is 0 Å². The third-order valence-electron chi connectivity index (χ3n) is 3.99. The Labute approximate surface area is 155 Å². The summed E-state index contributed by atoms with van der Waals surface area (Å²) in [6.45, 7) is 19.5. The van der Waals surface area contributed by atoms with Gasteiger partial charge in [0.2, 0.25) is 0 Å². The third-order valence-corrected chi connectivity index (χ3v) is 3.99. The van der Waals surface area contributed by atoms with Gasteiger partial charge in [-0.15, -0.1) is 0 Å². The lowest BCUT2D eigenvalue weighted by Gasteiger charge is -2.05. The summed E-state index contributed by atoms with van der Waals surface area (Å²) in [6, 6.07) is 8.61. The Bertz CT molecular complexity index is 312. The summed E-state index contributed by atoms with van der Waals surface area (Å²) in [5, 5.41) is 0. The van der Waals surface area contributed by atoms with Crippen LogP contribution in [0.25, 0.3) is 0 Å². The van der Waals surface area contributed by atoms with Gasteiger partial charge < -0.3 is 0 Å². The van der Waals surface area contributed by atoms with Crippen molar-refractivity contribution >= 4 is 0 Å². The maximum atomic E-state index is 2.34. The van der Waals surface area contributed by atoms with E-state index < -0.39 is 0 Å². The molecule has 1 aromatic rings. The molecule has 0 spiro atoms. The first kappa shape index (κ1) is 28.0. The Balaban J connectivity index is -0.000000279. The number of hydrogen-bond acceptors (Lipinski definition) is 0. The van der Waals surface area contributed by atoms with Gasteiger partial charge in [-0.25, -0.2) is 0 Å². The van der Waals surface area contributed by atoms with Gasteiger partial charge in [-0.2, -0.15) is 0 Å². The largest absolute Gasteiger partial charge is 0.0683 e. The molecule has 0 aliphatic heterocycles. The van der Waals surface area contributed by atoms with Crippen molar-refractivity contribution in [3.63, 3.8) is 0 Å². The van der Waals surface area contributed by atoms with Crippen molar-refractivity contribution in [2.24, 2.45) is 5.92 Å². The van der Waals surface area contributed by atoms with Gasteiger partial charge in [0.25, 0.3) is 0 Å². The Hall–Kier alpha value is -0.780. The standard InChI is InChI=1S/C9H12.C9H20.C4H10.C2H6/c1-3-9-6-4-5-8(2)7-9;1-4-6-7-8-9(3)5-2;1-3-4-2;1-2/h4-7H,3H2,1-2H3;9H,4-8H2,1-3H3;3-4H2,1-2H3;1-2H3. The molecule has 0 heteroatoms. The summed E-state index contributed by atoms with van der Waals surface area (Å²) in [4.78, 5) is 0. The molecule has 0 saturated carbocycles. The lowest BCUT2D eigenvalue weighted by molar-refractivity contribution is 0.482. The minimum Gasteiger partial charge on any atom is -0.0683 e. The minimum atomic E-state index is 0.955. The Kier molecular flexibility index (Phi) is 28.6. The van der Waals surface area contributed by atoms with Crippen molar-refractivity contribution < 1.29 is 0 Å². The fourth-order valence-corrected chi connectivity index (χ4v) is 1.88. The normalized spacial score (nSPS) is 10.2. The summed E-state index contributed by atoms with van der Waals surface area (Å²) in [6.07, 6.45) is 10.8. The monoisotopic (exact) mass is 336 g/mol.